The first kappa shape index (κ1) is 12.8. The number of rotatable bonds is 2. The molecule has 2 aliphatic rings. The predicted octanol–water partition coefficient (Wildman–Crippen LogP) is 2.81. The van der Waals surface area contributed by atoms with Gasteiger partial charge in [0.25, 0.3) is 0 Å². The highest BCUT2D eigenvalue weighted by Crippen LogP contribution is 2.35. The molecule has 1 aliphatic heterocycles. The van der Waals surface area contributed by atoms with Gasteiger partial charge in [-0.25, -0.2) is 0 Å². The van der Waals surface area contributed by atoms with Crippen molar-refractivity contribution < 1.29 is 4.74 Å². The van der Waals surface area contributed by atoms with Gasteiger partial charge in [-0.3, -0.25) is 0 Å². The van der Waals surface area contributed by atoms with Gasteiger partial charge in [0.15, 0.2) is 0 Å². The summed E-state index contributed by atoms with van der Waals surface area (Å²) in [5.74, 6) is 0.998. The Bertz CT molecular complexity index is 427. The van der Waals surface area contributed by atoms with Gasteiger partial charge in [0.05, 0.1) is 12.8 Å². The summed E-state index contributed by atoms with van der Waals surface area (Å²) in [5.41, 5.74) is 1.59. The first-order valence-electron chi connectivity index (χ1n) is 7.46. The highest BCUT2D eigenvalue weighted by atomic mass is 16.5. The van der Waals surface area contributed by atoms with Crippen LogP contribution in [0.4, 0.5) is 5.69 Å². The van der Waals surface area contributed by atoms with E-state index >= 15 is 0 Å². The zero-order chi connectivity index (χ0) is 13.1. The van der Waals surface area contributed by atoms with Gasteiger partial charge < -0.3 is 15.0 Å². The monoisotopic (exact) mass is 260 g/mol. The Morgan fingerprint density at radius 2 is 1.95 bits per heavy atom. The zero-order valence-electron chi connectivity index (χ0n) is 11.8. The number of hydrogen-bond acceptors (Lipinski definition) is 3. The molecule has 3 heteroatoms. The van der Waals surface area contributed by atoms with Gasteiger partial charge in [-0.05, 0) is 37.9 Å². The molecule has 0 amide bonds. The highest BCUT2D eigenvalue weighted by Gasteiger charge is 2.36. The molecule has 104 valence electrons. The molecule has 3 rings (SSSR count). The fourth-order valence-electron chi connectivity index (χ4n) is 3.61. The van der Waals surface area contributed by atoms with E-state index in [0.29, 0.717) is 5.54 Å². The van der Waals surface area contributed by atoms with Crippen LogP contribution in [0.15, 0.2) is 24.3 Å². The van der Waals surface area contributed by atoms with E-state index in [-0.39, 0.29) is 0 Å². The quantitative estimate of drug-likeness (QED) is 0.885. The van der Waals surface area contributed by atoms with Crippen molar-refractivity contribution in [3.8, 4) is 5.75 Å². The fraction of sp³-hybridized carbons (Fsp3) is 0.625. The maximum Gasteiger partial charge on any atom is 0.142 e. The first-order chi connectivity index (χ1) is 9.33. The SMILES string of the molecule is COc1ccccc1N1CCCNC2(CCCC2)C1. The summed E-state index contributed by atoms with van der Waals surface area (Å²) in [5, 5.41) is 3.81. The van der Waals surface area contributed by atoms with Gasteiger partial charge in [-0.15, -0.1) is 0 Å². The predicted molar refractivity (Wildman–Crippen MR) is 79.0 cm³/mol. The van der Waals surface area contributed by atoms with Crippen molar-refractivity contribution in [1.82, 2.24) is 5.32 Å². The molecule has 19 heavy (non-hydrogen) atoms. The van der Waals surface area contributed by atoms with Crippen LogP contribution in [0.5, 0.6) is 5.75 Å². The minimum Gasteiger partial charge on any atom is -0.495 e. The molecular formula is C16H24N2O. The Hall–Kier alpha value is -1.22. The van der Waals surface area contributed by atoms with E-state index in [0.717, 1.165) is 25.4 Å². The molecule has 1 aromatic rings. The van der Waals surface area contributed by atoms with Crippen molar-refractivity contribution in [2.45, 2.75) is 37.6 Å². The zero-order valence-corrected chi connectivity index (χ0v) is 11.8. The number of nitrogens with zero attached hydrogens (tertiary/aromatic N) is 1. The summed E-state index contributed by atoms with van der Waals surface area (Å²) >= 11 is 0. The van der Waals surface area contributed by atoms with E-state index in [1.807, 2.05) is 6.07 Å². The minimum absolute atomic E-state index is 0.345. The van der Waals surface area contributed by atoms with Crippen molar-refractivity contribution >= 4 is 5.69 Å². The molecule has 1 heterocycles. The minimum atomic E-state index is 0.345. The smallest absolute Gasteiger partial charge is 0.142 e. The summed E-state index contributed by atoms with van der Waals surface area (Å²) in [4.78, 5) is 2.52. The molecule has 1 N–H and O–H groups in total. The average Bonchev–Trinajstić information content (AvgIpc) is 2.80. The Labute approximate surface area is 115 Å². The van der Waals surface area contributed by atoms with Crippen molar-refractivity contribution in [3.05, 3.63) is 24.3 Å². The number of benzene rings is 1. The van der Waals surface area contributed by atoms with E-state index < -0.39 is 0 Å². The Morgan fingerprint density at radius 1 is 1.16 bits per heavy atom. The van der Waals surface area contributed by atoms with Crippen LogP contribution in [-0.4, -0.2) is 32.3 Å². The first-order valence-corrected chi connectivity index (χ1v) is 7.46. The van der Waals surface area contributed by atoms with Gasteiger partial charge in [0, 0.05) is 18.6 Å². The van der Waals surface area contributed by atoms with Crippen LogP contribution in [0.2, 0.25) is 0 Å². The molecule has 0 bridgehead atoms. The van der Waals surface area contributed by atoms with Crippen LogP contribution in [0.3, 0.4) is 0 Å². The summed E-state index contributed by atoms with van der Waals surface area (Å²) in [6, 6.07) is 8.41. The second kappa shape index (κ2) is 5.41. The summed E-state index contributed by atoms with van der Waals surface area (Å²) in [6.45, 7) is 3.38. The third-order valence-corrected chi connectivity index (χ3v) is 4.58. The third-order valence-electron chi connectivity index (χ3n) is 4.58. The van der Waals surface area contributed by atoms with Gasteiger partial charge in [-0.1, -0.05) is 25.0 Å². The lowest BCUT2D eigenvalue weighted by Crippen LogP contribution is -2.49. The summed E-state index contributed by atoms with van der Waals surface area (Å²) < 4.78 is 5.53. The Kier molecular flexibility index (Phi) is 3.65. The maximum atomic E-state index is 5.53. The van der Waals surface area contributed by atoms with E-state index in [2.05, 4.69) is 28.4 Å². The lowest BCUT2D eigenvalue weighted by molar-refractivity contribution is 0.353. The standard InChI is InChI=1S/C16H24N2O/c1-19-15-8-3-2-7-14(15)18-12-6-11-17-16(13-18)9-4-5-10-16/h2-3,7-8,17H,4-6,9-13H2,1H3. The van der Waals surface area contributed by atoms with E-state index in [1.54, 1.807) is 7.11 Å². The number of methoxy groups -OCH3 is 1. The Balaban J connectivity index is 1.86. The number of para-hydroxylation sites is 2. The van der Waals surface area contributed by atoms with Crippen LogP contribution in [0.1, 0.15) is 32.1 Å². The Morgan fingerprint density at radius 3 is 2.74 bits per heavy atom. The average molecular weight is 260 g/mol. The van der Waals surface area contributed by atoms with Crippen molar-refractivity contribution in [2.75, 3.05) is 31.6 Å². The molecule has 1 saturated heterocycles. The second-order valence-electron chi connectivity index (χ2n) is 5.86. The van der Waals surface area contributed by atoms with Crippen LogP contribution in [0, 0.1) is 0 Å². The number of anilines is 1. The number of ether oxygens (including phenoxy) is 1. The molecule has 1 aliphatic carbocycles. The van der Waals surface area contributed by atoms with Gasteiger partial charge in [0.1, 0.15) is 5.75 Å². The number of nitrogens with one attached hydrogen (secondary N) is 1. The van der Waals surface area contributed by atoms with Crippen LogP contribution < -0.4 is 15.0 Å². The van der Waals surface area contributed by atoms with Gasteiger partial charge in [0.2, 0.25) is 0 Å². The maximum absolute atomic E-state index is 5.53. The van der Waals surface area contributed by atoms with Gasteiger partial charge in [-0.2, -0.15) is 0 Å². The molecule has 1 aromatic carbocycles. The summed E-state index contributed by atoms with van der Waals surface area (Å²) in [6.07, 6.45) is 6.58. The highest BCUT2D eigenvalue weighted by molar-refractivity contribution is 5.58. The molecule has 0 aromatic heterocycles. The van der Waals surface area contributed by atoms with Crippen LogP contribution >= 0.6 is 0 Å². The molecule has 0 unspecified atom stereocenters. The summed E-state index contributed by atoms with van der Waals surface area (Å²) in [7, 11) is 1.76. The van der Waals surface area contributed by atoms with E-state index in [4.69, 9.17) is 4.74 Å². The molecular weight excluding hydrogens is 236 g/mol. The van der Waals surface area contributed by atoms with Crippen molar-refractivity contribution in [3.63, 3.8) is 0 Å². The lowest BCUT2D eigenvalue weighted by atomic mass is 9.97. The van der Waals surface area contributed by atoms with Crippen molar-refractivity contribution in [2.24, 2.45) is 0 Å². The second-order valence-corrected chi connectivity index (χ2v) is 5.86. The normalized spacial score (nSPS) is 22.5. The molecule has 0 radical (unpaired) electrons. The molecule has 3 nitrogen and oxygen atoms in total. The van der Waals surface area contributed by atoms with Gasteiger partial charge >= 0.3 is 0 Å². The molecule has 2 fully saturated rings. The van der Waals surface area contributed by atoms with Crippen molar-refractivity contribution in [1.29, 1.82) is 0 Å². The number of hydrogen-bond donors (Lipinski definition) is 1. The fourth-order valence-corrected chi connectivity index (χ4v) is 3.61. The van der Waals surface area contributed by atoms with Crippen LogP contribution in [-0.2, 0) is 0 Å². The molecule has 1 saturated carbocycles. The molecule has 1 spiro atoms. The topological polar surface area (TPSA) is 24.5 Å². The van der Waals surface area contributed by atoms with E-state index in [9.17, 15) is 0 Å². The largest absolute Gasteiger partial charge is 0.495 e. The van der Waals surface area contributed by atoms with Crippen LogP contribution in [0.25, 0.3) is 0 Å². The van der Waals surface area contributed by atoms with E-state index in [1.165, 1.54) is 37.8 Å². The molecule has 0 atom stereocenters. The third kappa shape index (κ3) is 2.57. The lowest BCUT2D eigenvalue weighted by Gasteiger charge is -2.35.